The molecular formula is C12H20N4O2S. The molecule has 7 heteroatoms. The van der Waals surface area contributed by atoms with Crippen LogP contribution in [0.1, 0.15) is 20.8 Å². The summed E-state index contributed by atoms with van der Waals surface area (Å²) < 4.78 is 12.7. The summed E-state index contributed by atoms with van der Waals surface area (Å²) in [7, 11) is -1.25. The molecule has 6 nitrogen and oxygen atoms in total. The van der Waals surface area contributed by atoms with Crippen LogP contribution in [0.25, 0.3) is 0 Å². The third-order valence-electron chi connectivity index (χ3n) is 2.34. The molecule has 0 saturated carbocycles. The van der Waals surface area contributed by atoms with Crippen molar-refractivity contribution in [2.24, 2.45) is 5.92 Å². The summed E-state index contributed by atoms with van der Waals surface area (Å²) in [5, 5.41) is 4.16. The Balaban J connectivity index is 2.87. The van der Waals surface area contributed by atoms with Gasteiger partial charge in [-0.1, -0.05) is 26.8 Å². The van der Waals surface area contributed by atoms with Crippen molar-refractivity contribution in [2.75, 3.05) is 18.8 Å². The molecule has 1 aromatic rings. The van der Waals surface area contributed by atoms with Gasteiger partial charge in [0.1, 0.15) is 6.33 Å². The molecule has 0 spiro atoms. The van der Waals surface area contributed by atoms with Crippen LogP contribution in [0.4, 0.5) is 4.79 Å². The van der Waals surface area contributed by atoms with Crippen LogP contribution >= 0.6 is 0 Å². The van der Waals surface area contributed by atoms with E-state index in [9.17, 15) is 9.00 Å². The van der Waals surface area contributed by atoms with E-state index in [4.69, 9.17) is 0 Å². The first-order valence-corrected chi connectivity index (χ1v) is 7.51. The SMILES string of the molecule is C=CCN(CC(C)C)C(=O)n1cnc(S(=O)CC)n1. The lowest BCUT2D eigenvalue weighted by Gasteiger charge is -2.22. The van der Waals surface area contributed by atoms with E-state index in [1.165, 1.54) is 6.33 Å². The molecule has 0 aliphatic rings. The smallest absolute Gasteiger partial charge is 0.319 e. The van der Waals surface area contributed by atoms with E-state index < -0.39 is 10.8 Å². The molecule has 19 heavy (non-hydrogen) atoms. The summed E-state index contributed by atoms with van der Waals surface area (Å²) in [6.07, 6.45) is 2.98. The van der Waals surface area contributed by atoms with Crippen LogP contribution in [0.2, 0.25) is 0 Å². The fourth-order valence-electron chi connectivity index (χ4n) is 1.55. The van der Waals surface area contributed by atoms with E-state index in [0.717, 1.165) is 4.68 Å². The fourth-order valence-corrected chi connectivity index (χ4v) is 2.15. The van der Waals surface area contributed by atoms with E-state index in [2.05, 4.69) is 16.7 Å². The van der Waals surface area contributed by atoms with Crippen LogP contribution in [0.5, 0.6) is 0 Å². The summed E-state index contributed by atoms with van der Waals surface area (Å²) in [6, 6.07) is -0.277. The van der Waals surface area contributed by atoms with Gasteiger partial charge in [-0.2, -0.15) is 4.68 Å². The first kappa shape index (κ1) is 15.6. The zero-order chi connectivity index (χ0) is 14.4. The second-order valence-corrected chi connectivity index (χ2v) is 6.11. The quantitative estimate of drug-likeness (QED) is 0.743. The normalized spacial score (nSPS) is 12.4. The molecule has 0 aliphatic carbocycles. The van der Waals surface area contributed by atoms with Crippen molar-refractivity contribution >= 4 is 16.8 Å². The van der Waals surface area contributed by atoms with Crippen molar-refractivity contribution in [1.82, 2.24) is 19.7 Å². The molecule has 0 bridgehead atoms. The Kier molecular flexibility index (Phi) is 5.88. The van der Waals surface area contributed by atoms with E-state index in [0.29, 0.717) is 24.8 Å². The van der Waals surface area contributed by atoms with Gasteiger partial charge in [-0.15, -0.1) is 11.7 Å². The lowest BCUT2D eigenvalue weighted by molar-refractivity contribution is 0.195. The predicted molar refractivity (Wildman–Crippen MR) is 74.4 cm³/mol. The number of carbonyl (C=O) groups excluding carboxylic acids is 1. The largest absolute Gasteiger partial charge is 0.346 e. The summed E-state index contributed by atoms with van der Waals surface area (Å²) in [6.45, 7) is 10.5. The minimum absolute atomic E-state index is 0.193. The molecule has 1 aromatic heterocycles. The highest BCUT2D eigenvalue weighted by atomic mass is 32.2. The fraction of sp³-hybridized carbons (Fsp3) is 0.583. The second-order valence-electron chi connectivity index (χ2n) is 4.48. The van der Waals surface area contributed by atoms with Crippen LogP contribution in [0, 0.1) is 5.92 Å². The zero-order valence-electron chi connectivity index (χ0n) is 11.6. The molecule has 0 fully saturated rings. The van der Waals surface area contributed by atoms with Gasteiger partial charge in [-0.25, -0.2) is 9.78 Å². The lowest BCUT2D eigenvalue weighted by Crippen LogP contribution is -2.37. The van der Waals surface area contributed by atoms with Crippen LogP contribution < -0.4 is 0 Å². The minimum Gasteiger partial charge on any atom is -0.319 e. The lowest BCUT2D eigenvalue weighted by atomic mass is 10.2. The number of aromatic nitrogens is 3. The highest BCUT2D eigenvalue weighted by Crippen LogP contribution is 2.04. The Bertz CT molecular complexity index is 470. The highest BCUT2D eigenvalue weighted by Gasteiger charge is 2.18. The Morgan fingerprint density at radius 2 is 2.32 bits per heavy atom. The van der Waals surface area contributed by atoms with Gasteiger partial charge >= 0.3 is 6.03 Å². The number of hydrogen-bond donors (Lipinski definition) is 0. The van der Waals surface area contributed by atoms with E-state index in [1.807, 2.05) is 13.8 Å². The number of amides is 1. The summed E-state index contributed by atoms with van der Waals surface area (Å²) >= 11 is 0. The van der Waals surface area contributed by atoms with E-state index in [-0.39, 0.29) is 11.2 Å². The third kappa shape index (κ3) is 4.27. The van der Waals surface area contributed by atoms with Crippen LogP contribution in [-0.2, 0) is 10.8 Å². The van der Waals surface area contributed by atoms with Gasteiger partial charge in [0.25, 0.3) is 0 Å². The summed E-state index contributed by atoms with van der Waals surface area (Å²) in [4.78, 5) is 17.8. The van der Waals surface area contributed by atoms with Crippen molar-refractivity contribution in [3.63, 3.8) is 0 Å². The molecule has 1 amide bonds. The topological polar surface area (TPSA) is 68.1 Å². The van der Waals surface area contributed by atoms with E-state index >= 15 is 0 Å². The Morgan fingerprint density at radius 3 is 2.84 bits per heavy atom. The predicted octanol–water partition coefficient (Wildman–Crippen LogP) is 1.52. The van der Waals surface area contributed by atoms with Gasteiger partial charge in [0, 0.05) is 18.8 Å². The molecule has 0 aliphatic heterocycles. The molecule has 0 saturated heterocycles. The first-order valence-electron chi connectivity index (χ1n) is 6.19. The maximum absolute atomic E-state index is 12.2. The van der Waals surface area contributed by atoms with Gasteiger partial charge in [-0.3, -0.25) is 4.21 Å². The molecule has 106 valence electrons. The molecule has 1 heterocycles. The average Bonchev–Trinajstić information content (AvgIpc) is 2.85. The van der Waals surface area contributed by atoms with Gasteiger partial charge in [0.15, 0.2) is 0 Å². The van der Waals surface area contributed by atoms with Gasteiger partial charge in [0.05, 0.1) is 10.8 Å². The molecule has 0 aromatic carbocycles. The van der Waals surface area contributed by atoms with Crippen molar-refractivity contribution in [1.29, 1.82) is 0 Å². The van der Waals surface area contributed by atoms with E-state index in [1.54, 1.807) is 17.9 Å². The second kappa shape index (κ2) is 7.18. The summed E-state index contributed by atoms with van der Waals surface area (Å²) in [5.41, 5.74) is 0. The molecule has 0 radical (unpaired) electrons. The Morgan fingerprint density at radius 1 is 1.63 bits per heavy atom. The monoisotopic (exact) mass is 284 g/mol. The van der Waals surface area contributed by atoms with Crippen LogP contribution in [0.3, 0.4) is 0 Å². The first-order chi connectivity index (χ1) is 8.99. The average molecular weight is 284 g/mol. The van der Waals surface area contributed by atoms with Crippen molar-refractivity contribution < 1.29 is 9.00 Å². The highest BCUT2D eigenvalue weighted by molar-refractivity contribution is 7.84. The molecule has 1 rings (SSSR count). The van der Waals surface area contributed by atoms with Gasteiger partial charge in [-0.05, 0) is 5.92 Å². The van der Waals surface area contributed by atoms with Crippen molar-refractivity contribution in [3.8, 4) is 0 Å². The number of hydrogen-bond acceptors (Lipinski definition) is 4. The maximum atomic E-state index is 12.2. The third-order valence-corrected chi connectivity index (χ3v) is 3.46. The number of nitrogens with zero attached hydrogens (tertiary/aromatic N) is 4. The maximum Gasteiger partial charge on any atom is 0.346 e. The minimum atomic E-state index is -1.25. The van der Waals surface area contributed by atoms with Crippen molar-refractivity contribution in [2.45, 2.75) is 25.9 Å². The Hall–Kier alpha value is -1.50. The summed E-state index contributed by atoms with van der Waals surface area (Å²) in [5.74, 6) is 0.775. The Labute approximate surface area is 116 Å². The molecule has 1 atom stereocenters. The van der Waals surface area contributed by atoms with Crippen LogP contribution in [0.15, 0.2) is 24.1 Å². The van der Waals surface area contributed by atoms with Gasteiger partial charge < -0.3 is 4.90 Å². The molecule has 1 unspecified atom stereocenters. The zero-order valence-corrected chi connectivity index (χ0v) is 12.4. The number of rotatable bonds is 6. The van der Waals surface area contributed by atoms with Gasteiger partial charge in [0.2, 0.25) is 5.16 Å². The van der Waals surface area contributed by atoms with Crippen LogP contribution in [-0.4, -0.2) is 48.7 Å². The number of carbonyl (C=O) groups is 1. The standard InChI is InChI=1S/C12H20N4O2S/c1-5-7-15(8-10(3)4)12(17)16-9-13-11(14-16)19(18)6-2/h5,9-10H,1,6-8H2,2-4H3. The van der Waals surface area contributed by atoms with Crippen molar-refractivity contribution in [3.05, 3.63) is 19.0 Å². The molecule has 0 N–H and O–H groups in total. The molecular weight excluding hydrogens is 264 g/mol.